The fourth-order valence-corrected chi connectivity index (χ4v) is 1.90. The molecule has 0 saturated carbocycles. The quantitative estimate of drug-likeness (QED) is 0.839. The maximum atomic E-state index is 13.5. The van der Waals surface area contributed by atoms with Crippen LogP contribution in [-0.4, -0.2) is 35.5 Å². The number of ether oxygens (including phenoxy) is 1. The molecule has 2 rings (SSSR count). The topological polar surface area (TPSA) is 54.4 Å². The van der Waals surface area contributed by atoms with Gasteiger partial charge in [-0.15, -0.1) is 0 Å². The van der Waals surface area contributed by atoms with Crippen molar-refractivity contribution in [1.82, 2.24) is 4.98 Å². The van der Waals surface area contributed by atoms with Gasteiger partial charge in [0.05, 0.1) is 11.2 Å². The molecule has 20 heavy (non-hydrogen) atoms. The minimum Gasteiger partial charge on any atom is -0.388 e. The monoisotopic (exact) mass is 294 g/mol. The average Bonchev–Trinajstić information content (AvgIpc) is 2.37. The molecule has 1 aromatic rings. The molecule has 0 aliphatic carbocycles. The van der Waals surface area contributed by atoms with Gasteiger partial charge in [0, 0.05) is 38.8 Å². The Morgan fingerprint density at radius 2 is 2.00 bits per heavy atom. The molecule has 0 radical (unpaired) electrons. The summed E-state index contributed by atoms with van der Waals surface area (Å²) in [5, 5.41) is 12.7. The Kier molecular flexibility index (Phi) is 4.14. The number of halogens is 4. The van der Waals surface area contributed by atoms with Crippen LogP contribution in [0.25, 0.3) is 0 Å². The molecule has 0 amide bonds. The van der Waals surface area contributed by atoms with Crippen LogP contribution < -0.4 is 5.32 Å². The predicted molar refractivity (Wildman–Crippen MR) is 62.7 cm³/mol. The molecule has 0 spiro atoms. The van der Waals surface area contributed by atoms with Crippen molar-refractivity contribution in [3.8, 4) is 0 Å². The second kappa shape index (κ2) is 5.53. The lowest BCUT2D eigenvalue weighted by molar-refractivity contribution is -0.138. The van der Waals surface area contributed by atoms with Gasteiger partial charge >= 0.3 is 6.18 Å². The van der Waals surface area contributed by atoms with Crippen molar-refractivity contribution in [3.63, 3.8) is 0 Å². The molecule has 4 nitrogen and oxygen atoms in total. The number of nitrogens with one attached hydrogen (secondary N) is 1. The van der Waals surface area contributed by atoms with Crippen LogP contribution >= 0.6 is 0 Å². The normalized spacial score (nSPS) is 18.9. The molecule has 1 aliphatic heterocycles. The Morgan fingerprint density at radius 3 is 2.55 bits per heavy atom. The Hall–Kier alpha value is -1.41. The summed E-state index contributed by atoms with van der Waals surface area (Å²) in [5.41, 5.74) is -2.21. The number of anilines is 1. The smallest absolute Gasteiger partial charge is 0.388 e. The fraction of sp³-hybridized carbons (Fsp3) is 0.583. The number of alkyl halides is 3. The Labute approximate surface area is 112 Å². The number of aromatic nitrogens is 1. The molecule has 8 heteroatoms. The van der Waals surface area contributed by atoms with Gasteiger partial charge in [-0.2, -0.15) is 13.2 Å². The van der Waals surface area contributed by atoms with Crippen LogP contribution in [0.1, 0.15) is 18.4 Å². The van der Waals surface area contributed by atoms with Crippen molar-refractivity contribution in [3.05, 3.63) is 23.6 Å². The molecule has 1 aromatic heterocycles. The molecular formula is C12H14F4N2O2. The van der Waals surface area contributed by atoms with Crippen LogP contribution in [0, 0.1) is 5.82 Å². The van der Waals surface area contributed by atoms with Crippen LogP contribution in [0.3, 0.4) is 0 Å². The van der Waals surface area contributed by atoms with Crippen molar-refractivity contribution >= 4 is 5.82 Å². The zero-order valence-electron chi connectivity index (χ0n) is 10.5. The number of hydrogen-bond donors (Lipinski definition) is 2. The summed E-state index contributed by atoms with van der Waals surface area (Å²) < 4.78 is 55.7. The number of hydrogen-bond acceptors (Lipinski definition) is 4. The van der Waals surface area contributed by atoms with E-state index in [0.29, 0.717) is 38.3 Å². The summed E-state index contributed by atoms with van der Waals surface area (Å²) >= 11 is 0. The summed E-state index contributed by atoms with van der Waals surface area (Å²) in [4.78, 5) is 3.41. The van der Waals surface area contributed by atoms with Gasteiger partial charge in [0.2, 0.25) is 0 Å². The van der Waals surface area contributed by atoms with E-state index in [4.69, 9.17) is 4.74 Å². The SMILES string of the molecule is OC1(CNc2ncc(C(F)(F)F)cc2F)CCOCC1. The highest BCUT2D eigenvalue weighted by Crippen LogP contribution is 2.30. The third-order valence-corrected chi connectivity index (χ3v) is 3.18. The third kappa shape index (κ3) is 3.57. The Bertz CT molecular complexity index is 473. The van der Waals surface area contributed by atoms with Crippen LogP contribution in [0.4, 0.5) is 23.4 Å². The molecule has 1 saturated heterocycles. The second-order valence-electron chi connectivity index (χ2n) is 4.74. The van der Waals surface area contributed by atoms with E-state index in [2.05, 4.69) is 10.3 Å². The van der Waals surface area contributed by atoms with E-state index in [1.165, 1.54) is 0 Å². The zero-order valence-corrected chi connectivity index (χ0v) is 10.5. The van der Waals surface area contributed by atoms with Gasteiger partial charge < -0.3 is 15.2 Å². The number of rotatable bonds is 3. The van der Waals surface area contributed by atoms with Crippen molar-refractivity contribution < 1.29 is 27.4 Å². The van der Waals surface area contributed by atoms with Gasteiger partial charge in [-0.3, -0.25) is 0 Å². The molecule has 0 aromatic carbocycles. The van der Waals surface area contributed by atoms with Crippen molar-refractivity contribution in [2.45, 2.75) is 24.6 Å². The average molecular weight is 294 g/mol. The molecular weight excluding hydrogens is 280 g/mol. The first kappa shape index (κ1) is 15.0. The highest BCUT2D eigenvalue weighted by molar-refractivity contribution is 5.38. The van der Waals surface area contributed by atoms with Crippen LogP contribution in [0.15, 0.2) is 12.3 Å². The molecule has 2 heterocycles. The lowest BCUT2D eigenvalue weighted by Crippen LogP contribution is -2.42. The zero-order chi connectivity index (χ0) is 14.8. The molecule has 1 aliphatic rings. The van der Waals surface area contributed by atoms with Crippen molar-refractivity contribution in [2.75, 3.05) is 25.1 Å². The molecule has 2 N–H and O–H groups in total. The number of pyridine rings is 1. The maximum Gasteiger partial charge on any atom is 0.417 e. The predicted octanol–water partition coefficient (Wildman–Crippen LogP) is 2.19. The van der Waals surface area contributed by atoms with E-state index in [1.54, 1.807) is 0 Å². The van der Waals surface area contributed by atoms with Crippen LogP contribution in [0.2, 0.25) is 0 Å². The molecule has 1 fully saturated rings. The summed E-state index contributed by atoms with van der Waals surface area (Å²) in [5.74, 6) is -1.41. The molecule has 0 bridgehead atoms. The van der Waals surface area contributed by atoms with Gasteiger partial charge in [-0.25, -0.2) is 9.37 Å². The van der Waals surface area contributed by atoms with E-state index in [0.717, 1.165) is 0 Å². The minimum atomic E-state index is -4.63. The lowest BCUT2D eigenvalue weighted by Gasteiger charge is -2.32. The second-order valence-corrected chi connectivity index (χ2v) is 4.74. The Balaban J connectivity index is 2.03. The summed E-state index contributed by atoms with van der Waals surface area (Å²) in [6.45, 7) is 0.786. The highest BCUT2D eigenvalue weighted by Gasteiger charge is 2.33. The maximum absolute atomic E-state index is 13.5. The molecule has 0 unspecified atom stereocenters. The fourth-order valence-electron chi connectivity index (χ4n) is 1.90. The largest absolute Gasteiger partial charge is 0.417 e. The summed E-state index contributed by atoms with van der Waals surface area (Å²) in [6.07, 6.45) is -3.32. The number of nitrogens with zero attached hydrogens (tertiary/aromatic N) is 1. The van der Waals surface area contributed by atoms with Gasteiger partial charge in [0.1, 0.15) is 0 Å². The minimum absolute atomic E-state index is 0.00560. The van der Waals surface area contributed by atoms with E-state index < -0.39 is 23.2 Å². The van der Waals surface area contributed by atoms with Crippen LogP contribution in [0.5, 0.6) is 0 Å². The first-order valence-electron chi connectivity index (χ1n) is 6.07. The first-order chi connectivity index (χ1) is 9.30. The van der Waals surface area contributed by atoms with E-state index in [-0.39, 0.29) is 12.4 Å². The van der Waals surface area contributed by atoms with Gasteiger partial charge in [0.15, 0.2) is 11.6 Å². The van der Waals surface area contributed by atoms with Crippen molar-refractivity contribution in [1.29, 1.82) is 0 Å². The van der Waals surface area contributed by atoms with Crippen molar-refractivity contribution in [2.24, 2.45) is 0 Å². The Morgan fingerprint density at radius 1 is 1.35 bits per heavy atom. The summed E-state index contributed by atoms with van der Waals surface area (Å²) in [6, 6.07) is 0.378. The van der Waals surface area contributed by atoms with E-state index in [9.17, 15) is 22.7 Å². The lowest BCUT2D eigenvalue weighted by atomic mass is 9.94. The summed E-state index contributed by atoms with van der Waals surface area (Å²) in [7, 11) is 0. The van der Waals surface area contributed by atoms with E-state index in [1.807, 2.05) is 0 Å². The van der Waals surface area contributed by atoms with E-state index >= 15 is 0 Å². The van der Waals surface area contributed by atoms with Crippen LogP contribution in [-0.2, 0) is 10.9 Å². The third-order valence-electron chi connectivity index (χ3n) is 3.18. The molecule has 112 valence electrons. The van der Waals surface area contributed by atoms with Gasteiger partial charge in [-0.05, 0) is 6.07 Å². The number of aliphatic hydroxyl groups is 1. The first-order valence-corrected chi connectivity index (χ1v) is 6.07. The molecule has 0 atom stereocenters. The van der Waals surface area contributed by atoms with Gasteiger partial charge in [-0.1, -0.05) is 0 Å². The van der Waals surface area contributed by atoms with Gasteiger partial charge in [0.25, 0.3) is 0 Å². The standard InChI is InChI=1S/C12H14F4N2O2/c13-9-5-8(12(14,15)16)6-17-10(9)18-7-11(19)1-3-20-4-2-11/h5-6,19H,1-4,7H2,(H,17,18). The highest BCUT2D eigenvalue weighted by atomic mass is 19.4.